The van der Waals surface area contributed by atoms with Gasteiger partial charge in [0.05, 0.1) is 16.4 Å². The largest absolute Gasteiger partial charge is 0.338 e. The van der Waals surface area contributed by atoms with E-state index in [2.05, 4.69) is 151 Å². The summed E-state index contributed by atoms with van der Waals surface area (Å²) in [4.78, 5) is 8.49. The fourth-order valence-electron chi connectivity index (χ4n) is 8.50. The van der Waals surface area contributed by atoms with Gasteiger partial charge in [-0.1, -0.05) is 127 Å². The highest BCUT2D eigenvalue weighted by Crippen LogP contribution is 2.64. The molecule has 218 valence electrons. The highest BCUT2D eigenvalue weighted by atomic mass is 32.1. The Morgan fingerprint density at radius 2 is 1.19 bits per heavy atom. The SMILES string of the molecule is c1ccc(-c2nc3ccc(-c4ccc5c(c4)C4(c6ccccc6-c6ccccc64)c4ccc6c(sc7ccccc76)c4-5)cc3[nH]2)cc1. The number of hydrogen-bond acceptors (Lipinski definition) is 2. The quantitative estimate of drug-likeness (QED) is 0.206. The molecule has 0 amide bonds. The maximum Gasteiger partial charge on any atom is 0.138 e. The van der Waals surface area contributed by atoms with Crippen LogP contribution in [0.2, 0.25) is 0 Å². The van der Waals surface area contributed by atoms with Gasteiger partial charge in [0.25, 0.3) is 0 Å². The van der Waals surface area contributed by atoms with Gasteiger partial charge in [0.15, 0.2) is 0 Å². The molecule has 3 heteroatoms. The lowest BCUT2D eigenvalue weighted by atomic mass is 9.70. The molecule has 0 radical (unpaired) electrons. The zero-order valence-electron chi connectivity index (χ0n) is 25.3. The van der Waals surface area contributed by atoms with Crippen LogP contribution in [0.1, 0.15) is 22.3 Å². The summed E-state index contributed by atoms with van der Waals surface area (Å²) >= 11 is 1.93. The van der Waals surface area contributed by atoms with Crippen LogP contribution in [-0.2, 0) is 5.41 Å². The Kier molecular flexibility index (Phi) is 4.95. The predicted molar refractivity (Wildman–Crippen MR) is 196 cm³/mol. The third-order valence-electron chi connectivity index (χ3n) is 10.5. The van der Waals surface area contributed by atoms with Crippen molar-refractivity contribution in [1.29, 1.82) is 0 Å². The van der Waals surface area contributed by atoms with Crippen LogP contribution in [-0.4, -0.2) is 9.97 Å². The number of nitrogens with one attached hydrogen (secondary N) is 1. The molecule has 1 N–H and O–H groups in total. The fraction of sp³-hybridized carbons (Fsp3) is 0.0227. The summed E-state index contributed by atoms with van der Waals surface area (Å²) in [5.41, 5.74) is 16.0. The molecule has 2 aromatic heterocycles. The lowest BCUT2D eigenvalue weighted by Crippen LogP contribution is -2.25. The third-order valence-corrected chi connectivity index (χ3v) is 11.7. The van der Waals surface area contributed by atoms with E-state index < -0.39 is 5.41 Å². The normalized spacial score (nSPS) is 13.7. The van der Waals surface area contributed by atoms with Crippen molar-refractivity contribution in [3.63, 3.8) is 0 Å². The topological polar surface area (TPSA) is 28.7 Å². The highest BCUT2D eigenvalue weighted by molar-refractivity contribution is 7.26. The summed E-state index contributed by atoms with van der Waals surface area (Å²) in [6, 6.07) is 55.9. The van der Waals surface area contributed by atoms with Gasteiger partial charge >= 0.3 is 0 Å². The number of hydrogen-bond donors (Lipinski definition) is 1. The fourth-order valence-corrected chi connectivity index (χ4v) is 9.77. The van der Waals surface area contributed by atoms with Crippen molar-refractivity contribution >= 4 is 42.5 Å². The molecule has 11 rings (SSSR count). The first-order chi connectivity index (χ1) is 23.3. The molecule has 0 saturated carbocycles. The van der Waals surface area contributed by atoms with E-state index in [0.717, 1.165) is 22.4 Å². The van der Waals surface area contributed by atoms with Gasteiger partial charge in [-0.05, 0) is 74.3 Å². The zero-order chi connectivity index (χ0) is 30.7. The molecule has 7 aromatic carbocycles. The van der Waals surface area contributed by atoms with Gasteiger partial charge in [0.2, 0.25) is 0 Å². The lowest BCUT2D eigenvalue weighted by molar-refractivity contribution is 0.795. The van der Waals surface area contributed by atoms with E-state index in [9.17, 15) is 0 Å². The minimum absolute atomic E-state index is 0.392. The lowest BCUT2D eigenvalue weighted by Gasteiger charge is -2.30. The van der Waals surface area contributed by atoms with Crippen molar-refractivity contribution in [2.24, 2.45) is 0 Å². The molecule has 47 heavy (non-hydrogen) atoms. The Balaban J connectivity index is 1.20. The van der Waals surface area contributed by atoms with Gasteiger partial charge in [-0.2, -0.15) is 0 Å². The van der Waals surface area contributed by atoms with E-state index in [1.54, 1.807) is 0 Å². The predicted octanol–water partition coefficient (Wildman–Crippen LogP) is 11.6. The molecule has 0 aliphatic heterocycles. The number of H-pyrrole nitrogens is 1. The number of nitrogens with zero attached hydrogens (tertiary/aromatic N) is 1. The summed E-state index contributed by atoms with van der Waals surface area (Å²) in [5, 5.41) is 2.68. The van der Waals surface area contributed by atoms with Crippen molar-refractivity contribution in [2.45, 2.75) is 5.41 Å². The molecular weight excluding hydrogens is 589 g/mol. The molecule has 0 unspecified atom stereocenters. The van der Waals surface area contributed by atoms with E-state index in [-0.39, 0.29) is 0 Å². The summed E-state index contributed by atoms with van der Waals surface area (Å²) in [5.74, 6) is 0.896. The van der Waals surface area contributed by atoms with Crippen molar-refractivity contribution in [2.75, 3.05) is 0 Å². The van der Waals surface area contributed by atoms with Crippen molar-refractivity contribution in [3.8, 4) is 44.8 Å². The van der Waals surface area contributed by atoms with E-state index >= 15 is 0 Å². The van der Waals surface area contributed by atoms with Crippen LogP contribution in [0, 0.1) is 0 Å². The Labute approximate surface area is 275 Å². The van der Waals surface area contributed by atoms with Crippen molar-refractivity contribution in [1.82, 2.24) is 9.97 Å². The number of aromatic amines is 1. The number of fused-ring (bicyclic) bond motifs is 15. The summed E-state index contributed by atoms with van der Waals surface area (Å²) in [6.07, 6.45) is 0. The monoisotopic (exact) mass is 614 g/mol. The Bertz CT molecular complexity index is 2700. The summed E-state index contributed by atoms with van der Waals surface area (Å²) in [7, 11) is 0. The highest BCUT2D eigenvalue weighted by Gasteiger charge is 2.52. The maximum atomic E-state index is 4.90. The molecule has 1 spiro atoms. The first kappa shape index (κ1) is 25.4. The third kappa shape index (κ3) is 3.26. The molecule has 2 aliphatic rings. The molecule has 9 aromatic rings. The van der Waals surface area contributed by atoms with Crippen LogP contribution < -0.4 is 0 Å². The first-order valence-electron chi connectivity index (χ1n) is 16.1. The number of aromatic nitrogens is 2. The van der Waals surface area contributed by atoms with E-state index in [4.69, 9.17) is 4.98 Å². The van der Waals surface area contributed by atoms with Gasteiger partial charge in [-0.15, -0.1) is 11.3 Å². The second kappa shape index (κ2) is 9.16. The number of benzene rings is 7. The van der Waals surface area contributed by atoms with Crippen LogP contribution in [0.4, 0.5) is 0 Å². The van der Waals surface area contributed by atoms with E-state index in [1.165, 1.54) is 75.8 Å². The minimum atomic E-state index is -0.392. The molecule has 0 fully saturated rings. The summed E-state index contributed by atoms with van der Waals surface area (Å²) in [6.45, 7) is 0. The van der Waals surface area contributed by atoms with E-state index in [1.807, 2.05) is 17.4 Å². The second-order valence-corrected chi connectivity index (χ2v) is 13.8. The minimum Gasteiger partial charge on any atom is -0.338 e. The number of imidazole rings is 1. The Hall–Kier alpha value is -5.77. The van der Waals surface area contributed by atoms with Crippen LogP contribution >= 0.6 is 11.3 Å². The van der Waals surface area contributed by atoms with Crippen LogP contribution in [0.3, 0.4) is 0 Å². The standard InChI is InChI=1S/C44H26N2S/c1-2-10-26(11-3-1)43-45-38-23-19-28(25-39(38)46-43)27-18-20-33-37(24-27)44(34-15-7-4-12-29(34)30-13-5-8-16-35(30)44)36-22-21-32-31-14-6-9-17-40(31)47-42(32)41(33)36/h1-25H,(H,45,46). The average molecular weight is 615 g/mol. The number of rotatable bonds is 2. The molecule has 2 nitrogen and oxygen atoms in total. The van der Waals surface area contributed by atoms with Gasteiger partial charge < -0.3 is 4.98 Å². The Morgan fingerprint density at radius 3 is 2.02 bits per heavy atom. The first-order valence-corrected chi connectivity index (χ1v) is 17.0. The van der Waals surface area contributed by atoms with Crippen LogP contribution in [0.15, 0.2) is 152 Å². The van der Waals surface area contributed by atoms with Gasteiger partial charge in [-0.3, -0.25) is 0 Å². The van der Waals surface area contributed by atoms with Crippen LogP contribution in [0.25, 0.3) is 76.0 Å². The Morgan fingerprint density at radius 1 is 0.489 bits per heavy atom. The molecule has 2 aliphatic carbocycles. The van der Waals surface area contributed by atoms with E-state index in [0.29, 0.717) is 0 Å². The van der Waals surface area contributed by atoms with Crippen molar-refractivity contribution < 1.29 is 0 Å². The van der Waals surface area contributed by atoms with Crippen molar-refractivity contribution in [3.05, 3.63) is 174 Å². The maximum absolute atomic E-state index is 4.90. The molecule has 0 bridgehead atoms. The van der Waals surface area contributed by atoms with Crippen LogP contribution in [0.5, 0.6) is 0 Å². The van der Waals surface area contributed by atoms with Gasteiger partial charge in [-0.25, -0.2) is 4.98 Å². The average Bonchev–Trinajstić information content (AvgIpc) is 3.88. The molecule has 2 heterocycles. The van der Waals surface area contributed by atoms with Gasteiger partial charge in [0.1, 0.15) is 5.82 Å². The zero-order valence-corrected chi connectivity index (χ0v) is 26.1. The molecule has 0 saturated heterocycles. The second-order valence-electron chi connectivity index (χ2n) is 12.7. The smallest absolute Gasteiger partial charge is 0.138 e. The number of thiophene rings is 1. The molecule has 0 atom stereocenters. The molecular formula is C44H26N2S. The summed E-state index contributed by atoms with van der Waals surface area (Å²) < 4.78 is 2.72. The van der Waals surface area contributed by atoms with Gasteiger partial charge in [0, 0.05) is 31.3 Å².